The first-order valence-electron chi connectivity index (χ1n) is 10.6. The maximum Gasteiger partial charge on any atom is 0.337 e. The Bertz CT molecular complexity index is 1520. The van der Waals surface area contributed by atoms with Crippen LogP contribution in [-0.2, 0) is 4.74 Å². The summed E-state index contributed by atoms with van der Waals surface area (Å²) in [5, 5.41) is 15.7. The molecule has 0 aliphatic heterocycles. The quantitative estimate of drug-likeness (QED) is 0.175. The number of rotatable bonds is 6. The third kappa shape index (κ3) is 4.69. The summed E-state index contributed by atoms with van der Waals surface area (Å²) in [7, 11) is 1.35. The monoisotopic (exact) mass is 490 g/mol. The number of thiophene rings is 1. The maximum absolute atomic E-state index is 12.6. The van der Waals surface area contributed by atoms with Crippen LogP contribution in [0.5, 0.6) is 0 Å². The van der Waals surface area contributed by atoms with E-state index in [1.807, 2.05) is 32.9 Å². The number of hydrazone groups is 1. The van der Waals surface area contributed by atoms with Crippen molar-refractivity contribution in [2.24, 2.45) is 5.10 Å². The molecule has 10 heteroatoms. The number of carbonyl (C=O) groups excluding carboxylic acids is 2. The molecule has 35 heavy (non-hydrogen) atoms. The number of hydrogen-bond donors (Lipinski definition) is 1. The number of non-ortho nitro benzene ring substituents is 1. The highest BCUT2D eigenvalue weighted by Gasteiger charge is 2.15. The first kappa shape index (κ1) is 23.8. The normalized spacial score (nSPS) is 11.2. The molecule has 0 saturated heterocycles. The SMILES string of the molecule is COC(=O)c1ccc(-n2c(C)cc(C=NNC(=O)c3cc4cc([N+](=O)[O-])ccc4s3)c2C)c(C)c1. The van der Waals surface area contributed by atoms with Gasteiger partial charge < -0.3 is 9.30 Å². The van der Waals surface area contributed by atoms with E-state index in [2.05, 4.69) is 15.1 Å². The Balaban J connectivity index is 1.53. The lowest BCUT2D eigenvalue weighted by molar-refractivity contribution is -0.384. The van der Waals surface area contributed by atoms with Gasteiger partial charge in [-0.2, -0.15) is 5.10 Å². The van der Waals surface area contributed by atoms with E-state index >= 15 is 0 Å². The molecule has 4 rings (SSSR count). The number of nitro groups is 1. The Hall–Kier alpha value is -4.31. The van der Waals surface area contributed by atoms with Gasteiger partial charge in [-0.25, -0.2) is 10.2 Å². The average molecular weight is 491 g/mol. The van der Waals surface area contributed by atoms with Gasteiger partial charge in [0.15, 0.2) is 0 Å². The molecule has 2 aromatic heterocycles. The minimum absolute atomic E-state index is 0.0224. The summed E-state index contributed by atoms with van der Waals surface area (Å²) in [6.07, 6.45) is 1.58. The van der Waals surface area contributed by atoms with Crippen molar-refractivity contribution in [2.45, 2.75) is 20.8 Å². The third-order valence-electron chi connectivity index (χ3n) is 5.63. The first-order valence-corrected chi connectivity index (χ1v) is 11.4. The van der Waals surface area contributed by atoms with Gasteiger partial charge in [0.05, 0.1) is 28.7 Å². The van der Waals surface area contributed by atoms with Crippen molar-refractivity contribution >= 4 is 45.2 Å². The molecule has 0 saturated carbocycles. The second-order valence-corrected chi connectivity index (χ2v) is 9.03. The van der Waals surface area contributed by atoms with Crippen LogP contribution in [0.1, 0.15) is 42.5 Å². The van der Waals surface area contributed by atoms with Gasteiger partial charge in [0.25, 0.3) is 11.6 Å². The van der Waals surface area contributed by atoms with Crippen LogP contribution in [0, 0.1) is 30.9 Å². The number of hydrogen-bond acceptors (Lipinski definition) is 7. The second kappa shape index (κ2) is 9.51. The predicted molar refractivity (Wildman–Crippen MR) is 135 cm³/mol. The van der Waals surface area contributed by atoms with Gasteiger partial charge in [0.1, 0.15) is 0 Å². The van der Waals surface area contributed by atoms with Crippen molar-refractivity contribution in [3.05, 3.63) is 91.6 Å². The molecule has 0 bridgehead atoms. The number of fused-ring (bicyclic) bond motifs is 1. The highest BCUT2D eigenvalue weighted by atomic mass is 32.1. The molecule has 1 amide bonds. The van der Waals surface area contributed by atoms with Crippen molar-refractivity contribution in [1.29, 1.82) is 0 Å². The van der Waals surface area contributed by atoms with Crippen molar-refractivity contribution in [2.75, 3.05) is 7.11 Å². The van der Waals surface area contributed by atoms with Crippen molar-refractivity contribution in [3.8, 4) is 5.69 Å². The smallest absolute Gasteiger partial charge is 0.337 e. The molecule has 0 fully saturated rings. The number of amides is 1. The maximum atomic E-state index is 12.6. The third-order valence-corrected chi connectivity index (χ3v) is 6.75. The molecule has 2 heterocycles. The van der Waals surface area contributed by atoms with E-state index in [0.717, 1.165) is 32.9 Å². The fourth-order valence-corrected chi connectivity index (χ4v) is 4.84. The summed E-state index contributed by atoms with van der Waals surface area (Å²) in [5.41, 5.74) is 7.54. The minimum atomic E-state index is -0.466. The number of nitrogens with zero attached hydrogens (tertiary/aromatic N) is 3. The molecular formula is C25H22N4O5S. The molecule has 0 unspecified atom stereocenters. The summed E-state index contributed by atoms with van der Waals surface area (Å²) in [4.78, 5) is 35.3. The number of nitro benzene ring substituents is 1. The van der Waals surface area contributed by atoms with Crippen molar-refractivity contribution in [3.63, 3.8) is 0 Å². The second-order valence-electron chi connectivity index (χ2n) is 7.94. The van der Waals surface area contributed by atoms with Gasteiger partial charge in [0.2, 0.25) is 0 Å². The first-order chi connectivity index (χ1) is 16.7. The number of ether oxygens (including phenoxy) is 1. The molecule has 4 aromatic rings. The van der Waals surface area contributed by atoms with E-state index in [-0.39, 0.29) is 11.7 Å². The van der Waals surface area contributed by atoms with E-state index < -0.39 is 10.8 Å². The van der Waals surface area contributed by atoms with Crippen LogP contribution in [0.15, 0.2) is 53.6 Å². The Morgan fingerprint density at radius 3 is 2.57 bits per heavy atom. The van der Waals surface area contributed by atoms with Crippen LogP contribution in [-0.4, -0.2) is 34.7 Å². The zero-order valence-corrected chi connectivity index (χ0v) is 20.3. The zero-order chi connectivity index (χ0) is 25.3. The molecule has 0 atom stereocenters. The van der Waals surface area contributed by atoms with E-state index in [4.69, 9.17) is 4.74 Å². The fourth-order valence-electron chi connectivity index (χ4n) is 3.91. The number of esters is 1. The molecule has 9 nitrogen and oxygen atoms in total. The van der Waals surface area contributed by atoms with E-state index in [9.17, 15) is 19.7 Å². The summed E-state index contributed by atoms with van der Waals surface area (Å²) in [6.45, 7) is 5.84. The number of nitrogens with one attached hydrogen (secondary N) is 1. The Labute approximate surface area is 204 Å². The molecule has 0 aliphatic carbocycles. The number of aryl methyl sites for hydroxylation is 2. The predicted octanol–water partition coefficient (Wildman–Crippen LogP) is 5.08. The minimum Gasteiger partial charge on any atom is -0.465 e. The zero-order valence-electron chi connectivity index (χ0n) is 19.5. The summed E-state index contributed by atoms with van der Waals surface area (Å²) in [5.74, 6) is -0.783. The van der Waals surface area contributed by atoms with Crippen LogP contribution >= 0.6 is 11.3 Å². The van der Waals surface area contributed by atoms with E-state index in [1.54, 1.807) is 30.5 Å². The lowest BCUT2D eigenvalue weighted by Gasteiger charge is -2.13. The van der Waals surface area contributed by atoms with Crippen LogP contribution < -0.4 is 5.43 Å². The summed E-state index contributed by atoms with van der Waals surface area (Å²) >= 11 is 1.24. The lowest BCUT2D eigenvalue weighted by atomic mass is 10.1. The van der Waals surface area contributed by atoms with Gasteiger partial charge in [-0.1, -0.05) is 0 Å². The fraction of sp³-hybridized carbons (Fsp3) is 0.160. The Morgan fingerprint density at radius 2 is 1.89 bits per heavy atom. The van der Waals surface area contributed by atoms with Gasteiger partial charge >= 0.3 is 5.97 Å². The molecule has 0 aliphatic rings. The molecule has 178 valence electrons. The molecule has 0 spiro atoms. The Kier molecular flexibility index (Phi) is 6.48. The number of methoxy groups -OCH3 is 1. The molecule has 0 radical (unpaired) electrons. The number of aromatic nitrogens is 1. The topological polar surface area (TPSA) is 116 Å². The van der Waals surface area contributed by atoms with E-state index in [0.29, 0.717) is 15.8 Å². The van der Waals surface area contributed by atoms with Crippen molar-refractivity contribution < 1.29 is 19.2 Å². The summed E-state index contributed by atoms with van der Waals surface area (Å²) in [6, 6.07) is 13.4. The Morgan fingerprint density at radius 1 is 1.11 bits per heavy atom. The molecule has 1 N–H and O–H groups in total. The highest BCUT2D eigenvalue weighted by molar-refractivity contribution is 7.20. The molecular weight excluding hydrogens is 468 g/mol. The van der Waals surface area contributed by atoms with Gasteiger partial charge in [-0.05, 0) is 62.7 Å². The van der Waals surface area contributed by atoms with E-state index in [1.165, 1.54) is 30.6 Å². The summed E-state index contributed by atoms with van der Waals surface area (Å²) < 4.78 is 7.63. The molecule has 2 aromatic carbocycles. The number of carbonyl (C=O) groups is 2. The van der Waals surface area contributed by atoms with Gasteiger partial charge in [0, 0.05) is 44.9 Å². The van der Waals surface area contributed by atoms with Crippen LogP contribution in [0.4, 0.5) is 5.69 Å². The number of benzene rings is 2. The highest BCUT2D eigenvalue weighted by Crippen LogP contribution is 2.29. The largest absolute Gasteiger partial charge is 0.465 e. The van der Waals surface area contributed by atoms with Gasteiger partial charge in [-0.15, -0.1) is 11.3 Å². The lowest BCUT2D eigenvalue weighted by Crippen LogP contribution is -2.16. The average Bonchev–Trinajstić information content (AvgIpc) is 3.38. The van der Waals surface area contributed by atoms with Crippen LogP contribution in [0.3, 0.4) is 0 Å². The van der Waals surface area contributed by atoms with Crippen molar-refractivity contribution in [1.82, 2.24) is 9.99 Å². The van der Waals surface area contributed by atoms with Crippen LogP contribution in [0.2, 0.25) is 0 Å². The standard InChI is InChI=1S/C25H22N4O5S/c1-14-9-17(25(31)34-4)5-7-21(14)28-15(2)10-19(16(28)3)13-26-27-24(30)23-12-18-11-20(29(32)33)6-8-22(18)35-23/h5-13H,1-4H3,(H,27,30). The van der Waals surface area contributed by atoms with Gasteiger partial charge in [-0.3, -0.25) is 14.9 Å². The van der Waals surface area contributed by atoms with Crippen LogP contribution in [0.25, 0.3) is 15.8 Å².